The first-order valence-electron chi connectivity index (χ1n) is 11.7. The van der Waals surface area contributed by atoms with Gasteiger partial charge in [-0.25, -0.2) is 24.5 Å². The molecule has 2 aliphatic heterocycles. The van der Waals surface area contributed by atoms with Gasteiger partial charge in [-0.3, -0.25) is 10.2 Å². The van der Waals surface area contributed by atoms with Crippen LogP contribution in [0.2, 0.25) is 0 Å². The van der Waals surface area contributed by atoms with Crippen molar-refractivity contribution in [1.29, 1.82) is 0 Å². The normalized spacial score (nSPS) is 20.7. The number of hydrogen-bond donors (Lipinski definition) is 4. The lowest BCUT2D eigenvalue weighted by molar-refractivity contribution is -0.146. The average molecular weight is 497 g/mol. The lowest BCUT2D eigenvalue weighted by atomic mass is 9.93. The van der Waals surface area contributed by atoms with Crippen LogP contribution in [-0.2, 0) is 16.1 Å². The van der Waals surface area contributed by atoms with E-state index >= 15 is 0 Å². The zero-order chi connectivity index (χ0) is 25.3. The molecule has 2 aliphatic rings. The molecule has 5 heterocycles. The molecule has 2 unspecified atom stereocenters. The quantitative estimate of drug-likeness (QED) is 0.352. The Balaban J connectivity index is 1.18. The second-order valence-corrected chi connectivity index (χ2v) is 9.18. The summed E-state index contributed by atoms with van der Waals surface area (Å²) in [6.45, 7) is 4.97. The maximum absolute atomic E-state index is 13.2. The highest BCUT2D eigenvalue weighted by molar-refractivity contribution is 5.88. The number of hydrogen-bond acceptors (Lipinski definition) is 10. The minimum absolute atomic E-state index is 0.0756. The standard InChI is InChI=1S/C23H29FN10O2/c1-14-6-18(29-19-7-15(2)31-32-19)30-22(28-14)33-12-23(13-33,36-3)21(35)26-9-16-4-5-20(25-8-16)34-11-17(24)10-27-34/h4-6,8,10-11,15,19,31-32H,7,9,12-13H2,1-3H3,(H,26,35)(H,28,29,30). The van der Waals surface area contributed by atoms with Crippen molar-refractivity contribution in [1.82, 2.24) is 40.9 Å². The SMILES string of the molecule is COC1(C(=O)NCc2ccc(-n3cc(F)cn3)nc2)CN(c2nc(C)cc(NC3CC(C)NN3)n2)C1. The number of ether oxygens (including phenoxy) is 1. The largest absolute Gasteiger partial charge is 0.365 e. The second-order valence-electron chi connectivity index (χ2n) is 9.18. The van der Waals surface area contributed by atoms with Crippen molar-refractivity contribution in [2.24, 2.45) is 0 Å². The van der Waals surface area contributed by atoms with Crippen molar-refractivity contribution in [2.75, 3.05) is 30.4 Å². The number of carbonyl (C=O) groups excluding carboxylic acids is 1. The Bertz CT molecular complexity index is 1230. The first-order valence-corrected chi connectivity index (χ1v) is 11.7. The maximum atomic E-state index is 13.2. The van der Waals surface area contributed by atoms with E-state index in [1.165, 1.54) is 18.0 Å². The summed E-state index contributed by atoms with van der Waals surface area (Å²) in [7, 11) is 1.53. The number of amides is 1. The number of carbonyl (C=O) groups is 1. The van der Waals surface area contributed by atoms with E-state index in [0.29, 0.717) is 30.9 Å². The third-order valence-electron chi connectivity index (χ3n) is 6.29. The van der Waals surface area contributed by atoms with Gasteiger partial charge in [-0.2, -0.15) is 10.1 Å². The summed E-state index contributed by atoms with van der Waals surface area (Å²) in [4.78, 5) is 28.4. The minimum atomic E-state index is -0.993. The molecular weight excluding hydrogens is 467 g/mol. The summed E-state index contributed by atoms with van der Waals surface area (Å²) >= 11 is 0. The van der Waals surface area contributed by atoms with E-state index in [0.717, 1.165) is 29.7 Å². The Kier molecular flexibility index (Phi) is 6.51. The van der Waals surface area contributed by atoms with Crippen LogP contribution in [0.3, 0.4) is 0 Å². The number of pyridine rings is 1. The van der Waals surface area contributed by atoms with Crippen molar-refractivity contribution in [3.05, 3.63) is 53.9 Å². The highest BCUT2D eigenvalue weighted by Crippen LogP contribution is 2.29. The Morgan fingerprint density at radius 2 is 2.11 bits per heavy atom. The highest BCUT2D eigenvalue weighted by atomic mass is 19.1. The fraction of sp³-hybridized carbons (Fsp3) is 0.435. The Morgan fingerprint density at radius 3 is 2.75 bits per heavy atom. The smallest absolute Gasteiger partial charge is 0.256 e. The molecule has 5 rings (SSSR count). The molecule has 0 radical (unpaired) electrons. The van der Waals surface area contributed by atoms with Crippen molar-refractivity contribution in [3.63, 3.8) is 0 Å². The second kappa shape index (κ2) is 9.76. The van der Waals surface area contributed by atoms with Gasteiger partial charge in [-0.05, 0) is 31.9 Å². The molecule has 0 aromatic carbocycles. The van der Waals surface area contributed by atoms with Gasteiger partial charge in [-0.1, -0.05) is 6.07 Å². The Hall–Kier alpha value is -3.68. The Morgan fingerprint density at radius 1 is 1.28 bits per heavy atom. The van der Waals surface area contributed by atoms with E-state index < -0.39 is 11.4 Å². The molecule has 13 heteroatoms. The van der Waals surface area contributed by atoms with Crippen LogP contribution in [0.4, 0.5) is 16.2 Å². The molecule has 36 heavy (non-hydrogen) atoms. The summed E-state index contributed by atoms with van der Waals surface area (Å²) in [5.41, 5.74) is 7.01. The molecule has 0 bridgehead atoms. The number of nitrogens with one attached hydrogen (secondary N) is 4. The minimum Gasteiger partial charge on any atom is -0.365 e. The van der Waals surface area contributed by atoms with Gasteiger partial charge < -0.3 is 20.3 Å². The molecule has 0 spiro atoms. The van der Waals surface area contributed by atoms with E-state index in [4.69, 9.17) is 4.74 Å². The van der Waals surface area contributed by atoms with Crippen molar-refractivity contribution >= 4 is 17.7 Å². The molecule has 1 amide bonds. The number of aromatic nitrogens is 5. The van der Waals surface area contributed by atoms with E-state index in [2.05, 4.69) is 48.5 Å². The zero-order valence-electron chi connectivity index (χ0n) is 20.3. The third kappa shape index (κ3) is 4.98. The van der Waals surface area contributed by atoms with E-state index in [1.807, 2.05) is 17.9 Å². The van der Waals surface area contributed by atoms with Crippen LogP contribution < -0.4 is 26.4 Å². The van der Waals surface area contributed by atoms with Crippen LogP contribution in [0.5, 0.6) is 0 Å². The maximum Gasteiger partial charge on any atom is 0.256 e. The number of anilines is 2. The fourth-order valence-electron chi connectivity index (χ4n) is 4.26. The first-order chi connectivity index (χ1) is 17.3. The molecule has 190 valence electrons. The van der Waals surface area contributed by atoms with Gasteiger partial charge in [0.1, 0.15) is 5.82 Å². The van der Waals surface area contributed by atoms with Gasteiger partial charge in [0.2, 0.25) is 5.95 Å². The molecule has 0 saturated carbocycles. The zero-order valence-corrected chi connectivity index (χ0v) is 20.3. The summed E-state index contributed by atoms with van der Waals surface area (Å²) in [5, 5.41) is 10.2. The van der Waals surface area contributed by atoms with Gasteiger partial charge >= 0.3 is 0 Å². The van der Waals surface area contributed by atoms with E-state index in [9.17, 15) is 9.18 Å². The molecule has 2 atom stereocenters. The topological polar surface area (TPSA) is 134 Å². The summed E-state index contributed by atoms with van der Waals surface area (Å²) in [6.07, 6.45) is 4.98. The highest BCUT2D eigenvalue weighted by Gasteiger charge is 2.51. The number of aryl methyl sites for hydroxylation is 1. The third-order valence-corrected chi connectivity index (χ3v) is 6.29. The Labute approximate surface area is 207 Å². The van der Waals surface area contributed by atoms with Crippen LogP contribution in [0.15, 0.2) is 36.8 Å². The monoisotopic (exact) mass is 496 g/mol. The molecule has 4 N–H and O–H groups in total. The van der Waals surface area contributed by atoms with Crippen LogP contribution >= 0.6 is 0 Å². The first kappa shape index (κ1) is 24.0. The number of hydrazine groups is 1. The molecule has 3 aromatic heterocycles. The average Bonchev–Trinajstić information content (AvgIpc) is 3.45. The van der Waals surface area contributed by atoms with Gasteiger partial charge in [0.05, 0.1) is 31.6 Å². The number of rotatable bonds is 8. The van der Waals surface area contributed by atoms with Crippen LogP contribution in [-0.4, -0.2) is 68.6 Å². The van der Waals surface area contributed by atoms with Crippen LogP contribution in [0, 0.1) is 12.7 Å². The predicted molar refractivity (Wildman–Crippen MR) is 130 cm³/mol. The van der Waals surface area contributed by atoms with Crippen LogP contribution in [0.1, 0.15) is 24.6 Å². The molecule has 3 aromatic rings. The predicted octanol–water partition coefficient (Wildman–Crippen LogP) is 0.651. The van der Waals surface area contributed by atoms with E-state index in [1.54, 1.807) is 18.3 Å². The number of methoxy groups -OCH3 is 1. The number of nitrogens with zero attached hydrogens (tertiary/aromatic N) is 6. The summed E-state index contributed by atoms with van der Waals surface area (Å²) < 4.78 is 20.1. The molecular formula is C23H29FN10O2. The van der Waals surface area contributed by atoms with Crippen molar-refractivity contribution < 1.29 is 13.9 Å². The number of halogens is 1. The van der Waals surface area contributed by atoms with Gasteiger partial charge in [-0.15, -0.1) is 0 Å². The molecule has 12 nitrogen and oxygen atoms in total. The van der Waals surface area contributed by atoms with Crippen molar-refractivity contribution in [2.45, 2.75) is 44.6 Å². The molecule has 2 saturated heterocycles. The lowest BCUT2D eigenvalue weighted by Gasteiger charge is -2.47. The fourth-order valence-corrected chi connectivity index (χ4v) is 4.26. The molecule has 0 aliphatic carbocycles. The summed E-state index contributed by atoms with van der Waals surface area (Å²) in [6, 6.07) is 5.78. The molecule has 2 fully saturated rings. The van der Waals surface area contributed by atoms with Gasteiger partial charge in [0, 0.05) is 37.7 Å². The van der Waals surface area contributed by atoms with Gasteiger partial charge in [0.25, 0.3) is 5.91 Å². The van der Waals surface area contributed by atoms with E-state index in [-0.39, 0.29) is 18.6 Å². The lowest BCUT2D eigenvalue weighted by Crippen LogP contribution is -2.70. The van der Waals surface area contributed by atoms with Crippen molar-refractivity contribution in [3.8, 4) is 5.82 Å². The summed E-state index contributed by atoms with van der Waals surface area (Å²) in [5.74, 6) is 1.10. The van der Waals surface area contributed by atoms with Gasteiger partial charge in [0.15, 0.2) is 17.2 Å². The van der Waals surface area contributed by atoms with Crippen LogP contribution in [0.25, 0.3) is 5.82 Å².